The van der Waals surface area contributed by atoms with Gasteiger partial charge in [-0.2, -0.15) is 17.0 Å². The lowest BCUT2D eigenvalue weighted by molar-refractivity contribution is -0.120. The van der Waals surface area contributed by atoms with Crippen LogP contribution >= 0.6 is 15.9 Å². The molecular formula is C14H20BrN3O3S. The van der Waals surface area contributed by atoms with Crippen molar-refractivity contribution in [3.63, 3.8) is 0 Å². The van der Waals surface area contributed by atoms with Crippen LogP contribution in [-0.4, -0.2) is 50.1 Å². The highest BCUT2D eigenvalue weighted by molar-refractivity contribution is 9.10. The molecule has 0 aliphatic carbocycles. The quantitative estimate of drug-likeness (QED) is 0.854. The zero-order valence-electron chi connectivity index (χ0n) is 12.6. The van der Waals surface area contributed by atoms with E-state index in [1.165, 1.54) is 22.7 Å². The Balaban J connectivity index is 2.03. The van der Waals surface area contributed by atoms with Crippen molar-refractivity contribution in [1.82, 2.24) is 8.61 Å². The molecule has 0 aromatic heterocycles. The summed E-state index contributed by atoms with van der Waals surface area (Å²) in [7, 11) is -0.463. The molecule has 0 spiro atoms. The number of nitrogens with zero attached hydrogens (tertiary/aromatic N) is 2. The fourth-order valence-electron chi connectivity index (χ4n) is 2.37. The minimum absolute atomic E-state index is 0.138. The molecule has 22 heavy (non-hydrogen) atoms. The number of carbonyl (C=O) groups is 1. The van der Waals surface area contributed by atoms with Crippen molar-refractivity contribution in [1.29, 1.82) is 0 Å². The van der Waals surface area contributed by atoms with Crippen LogP contribution in [0, 0.1) is 5.92 Å². The first-order chi connectivity index (χ1) is 10.3. The Morgan fingerprint density at radius 3 is 2.55 bits per heavy atom. The van der Waals surface area contributed by atoms with E-state index in [2.05, 4.69) is 21.2 Å². The van der Waals surface area contributed by atoms with Gasteiger partial charge in [0, 0.05) is 37.3 Å². The first-order valence-corrected chi connectivity index (χ1v) is 9.23. The first-order valence-electron chi connectivity index (χ1n) is 7.05. The van der Waals surface area contributed by atoms with E-state index in [0.717, 1.165) is 4.47 Å². The lowest BCUT2D eigenvalue weighted by Crippen LogP contribution is -2.47. The van der Waals surface area contributed by atoms with Crippen LogP contribution in [0.4, 0.5) is 5.69 Å². The van der Waals surface area contributed by atoms with Crippen LogP contribution in [-0.2, 0) is 15.0 Å². The highest BCUT2D eigenvalue weighted by atomic mass is 79.9. The van der Waals surface area contributed by atoms with Gasteiger partial charge in [0.15, 0.2) is 0 Å². The standard InChI is InChI=1S/C14H20BrN3O3S/c1-17(2)22(20,21)18-9-3-4-11(10-18)14(19)16-13-7-5-12(15)6-8-13/h5-8,11H,3-4,9-10H2,1-2H3,(H,16,19)/t11-/m0/s1. The van der Waals surface area contributed by atoms with E-state index in [9.17, 15) is 13.2 Å². The number of nitrogens with one attached hydrogen (secondary N) is 1. The van der Waals surface area contributed by atoms with Gasteiger partial charge in [-0.1, -0.05) is 15.9 Å². The molecule has 1 atom stereocenters. The Kier molecular flexibility index (Phi) is 5.60. The smallest absolute Gasteiger partial charge is 0.281 e. The molecule has 0 bridgehead atoms. The Labute approximate surface area is 139 Å². The van der Waals surface area contributed by atoms with Gasteiger partial charge < -0.3 is 5.32 Å². The summed E-state index contributed by atoms with van der Waals surface area (Å²) in [6, 6.07) is 7.30. The van der Waals surface area contributed by atoms with Gasteiger partial charge in [-0.25, -0.2) is 0 Å². The summed E-state index contributed by atoms with van der Waals surface area (Å²) in [5.41, 5.74) is 0.709. The molecule has 8 heteroatoms. The third-order valence-corrected chi connectivity index (χ3v) is 6.09. The highest BCUT2D eigenvalue weighted by Crippen LogP contribution is 2.22. The number of hydrogen-bond acceptors (Lipinski definition) is 3. The predicted molar refractivity (Wildman–Crippen MR) is 89.7 cm³/mol. The van der Waals surface area contributed by atoms with Crippen LogP contribution in [0.5, 0.6) is 0 Å². The third-order valence-electron chi connectivity index (χ3n) is 3.65. The van der Waals surface area contributed by atoms with Crippen molar-refractivity contribution in [3.05, 3.63) is 28.7 Å². The van der Waals surface area contributed by atoms with Gasteiger partial charge in [0.25, 0.3) is 10.2 Å². The summed E-state index contributed by atoms with van der Waals surface area (Å²) in [5, 5.41) is 2.85. The topological polar surface area (TPSA) is 69.7 Å². The maximum atomic E-state index is 12.3. The van der Waals surface area contributed by atoms with Gasteiger partial charge in [-0.05, 0) is 37.1 Å². The largest absolute Gasteiger partial charge is 0.326 e. The zero-order valence-corrected chi connectivity index (χ0v) is 15.0. The van der Waals surface area contributed by atoms with Crippen LogP contribution in [0.25, 0.3) is 0 Å². The van der Waals surface area contributed by atoms with E-state index in [0.29, 0.717) is 25.1 Å². The van der Waals surface area contributed by atoms with Crippen LogP contribution in [0.3, 0.4) is 0 Å². The van der Waals surface area contributed by atoms with Crippen LogP contribution < -0.4 is 5.32 Å². The highest BCUT2D eigenvalue weighted by Gasteiger charge is 2.33. The number of hydrogen-bond donors (Lipinski definition) is 1. The van der Waals surface area contributed by atoms with Crippen LogP contribution in [0.15, 0.2) is 28.7 Å². The van der Waals surface area contributed by atoms with E-state index >= 15 is 0 Å². The molecule has 1 aliphatic rings. The second kappa shape index (κ2) is 7.08. The lowest BCUT2D eigenvalue weighted by atomic mass is 9.99. The molecule has 6 nitrogen and oxygen atoms in total. The number of anilines is 1. The molecule has 1 aromatic rings. The van der Waals surface area contributed by atoms with Crippen molar-refractivity contribution < 1.29 is 13.2 Å². The van der Waals surface area contributed by atoms with Crippen molar-refractivity contribution >= 4 is 37.7 Å². The summed E-state index contributed by atoms with van der Waals surface area (Å²) in [6.07, 6.45) is 1.38. The Hall–Kier alpha value is -0.960. The monoisotopic (exact) mass is 389 g/mol. The number of rotatable bonds is 4. The summed E-state index contributed by atoms with van der Waals surface area (Å²) < 4.78 is 27.8. The van der Waals surface area contributed by atoms with Crippen LogP contribution in [0.1, 0.15) is 12.8 Å². The minimum atomic E-state index is -3.46. The normalized spacial score (nSPS) is 20.1. The van der Waals surface area contributed by atoms with Gasteiger partial charge in [-0.15, -0.1) is 0 Å². The average Bonchev–Trinajstić information content (AvgIpc) is 2.49. The maximum absolute atomic E-state index is 12.3. The van der Waals surface area contributed by atoms with E-state index in [-0.39, 0.29) is 18.4 Å². The Morgan fingerprint density at radius 1 is 1.32 bits per heavy atom. The molecule has 1 heterocycles. The molecule has 1 amide bonds. The zero-order chi connectivity index (χ0) is 16.3. The fourth-order valence-corrected chi connectivity index (χ4v) is 3.83. The van der Waals surface area contributed by atoms with Crippen molar-refractivity contribution in [2.75, 3.05) is 32.5 Å². The Bertz CT molecular complexity index is 631. The molecule has 1 fully saturated rings. The number of benzene rings is 1. The van der Waals surface area contributed by atoms with E-state index in [4.69, 9.17) is 0 Å². The van der Waals surface area contributed by atoms with Gasteiger partial charge >= 0.3 is 0 Å². The van der Waals surface area contributed by atoms with E-state index in [1.54, 1.807) is 12.1 Å². The second-order valence-corrected chi connectivity index (χ2v) is 8.54. The molecule has 122 valence electrons. The molecule has 0 saturated carbocycles. The first kappa shape index (κ1) is 17.4. The third kappa shape index (κ3) is 4.07. The molecule has 1 aliphatic heterocycles. The van der Waals surface area contributed by atoms with E-state index in [1.807, 2.05) is 12.1 Å². The van der Waals surface area contributed by atoms with Gasteiger partial charge in [0.2, 0.25) is 5.91 Å². The molecular weight excluding hydrogens is 370 g/mol. The maximum Gasteiger partial charge on any atom is 0.281 e. The van der Waals surface area contributed by atoms with Gasteiger partial charge in [-0.3, -0.25) is 4.79 Å². The summed E-state index contributed by atoms with van der Waals surface area (Å²) in [4.78, 5) is 12.3. The number of halogens is 1. The average molecular weight is 390 g/mol. The minimum Gasteiger partial charge on any atom is -0.326 e. The summed E-state index contributed by atoms with van der Waals surface area (Å²) in [6.45, 7) is 0.686. The lowest BCUT2D eigenvalue weighted by Gasteiger charge is -2.32. The van der Waals surface area contributed by atoms with Crippen molar-refractivity contribution in [2.24, 2.45) is 5.92 Å². The molecule has 2 rings (SSSR count). The number of carbonyl (C=O) groups excluding carboxylic acids is 1. The molecule has 1 aromatic carbocycles. The van der Waals surface area contributed by atoms with E-state index < -0.39 is 10.2 Å². The summed E-state index contributed by atoms with van der Waals surface area (Å²) >= 11 is 3.34. The van der Waals surface area contributed by atoms with Crippen LogP contribution in [0.2, 0.25) is 0 Å². The van der Waals surface area contributed by atoms with Crippen molar-refractivity contribution in [2.45, 2.75) is 12.8 Å². The predicted octanol–water partition coefficient (Wildman–Crippen LogP) is 1.91. The number of amides is 1. The molecule has 1 saturated heterocycles. The van der Waals surface area contributed by atoms with Gasteiger partial charge in [0.1, 0.15) is 0 Å². The summed E-state index contributed by atoms with van der Waals surface area (Å²) in [5.74, 6) is -0.465. The SMILES string of the molecule is CN(C)S(=O)(=O)N1CCC[C@H](C(=O)Nc2ccc(Br)cc2)C1. The van der Waals surface area contributed by atoms with Crippen molar-refractivity contribution in [3.8, 4) is 0 Å². The van der Waals surface area contributed by atoms with Gasteiger partial charge in [0.05, 0.1) is 5.92 Å². The fraction of sp³-hybridized carbons (Fsp3) is 0.500. The second-order valence-electron chi connectivity index (χ2n) is 5.48. The molecule has 1 N–H and O–H groups in total. The molecule has 0 radical (unpaired) electrons. The Morgan fingerprint density at radius 2 is 1.95 bits per heavy atom. The number of piperidine rings is 1. The molecule has 0 unspecified atom stereocenters.